The molecule has 0 heterocycles. The van der Waals surface area contributed by atoms with Crippen LogP contribution < -0.4 is 9.62 Å². The Morgan fingerprint density at radius 1 is 1.03 bits per heavy atom. The van der Waals surface area contributed by atoms with Crippen molar-refractivity contribution in [2.75, 3.05) is 17.9 Å². The zero-order valence-corrected chi connectivity index (χ0v) is 21.7. The number of hydrogen-bond acceptors (Lipinski definition) is 4. The Morgan fingerprint density at radius 2 is 1.67 bits per heavy atom. The molecule has 3 rings (SSSR count). The lowest BCUT2D eigenvalue weighted by Gasteiger charge is -2.31. The third-order valence-corrected chi connectivity index (χ3v) is 7.68. The number of rotatable bonds is 9. The number of sulfonamides is 1. The van der Waals surface area contributed by atoms with Gasteiger partial charge < -0.3 is 10.2 Å². The van der Waals surface area contributed by atoms with Crippen molar-refractivity contribution in [3.8, 4) is 0 Å². The largest absolute Gasteiger partial charge is 0.357 e. The van der Waals surface area contributed by atoms with Gasteiger partial charge in [0.25, 0.3) is 10.0 Å². The fraction of sp³-hybridized carbons (Fsp3) is 0.231. The van der Waals surface area contributed by atoms with Crippen LogP contribution in [0.1, 0.15) is 18.1 Å². The maximum atomic E-state index is 13.6. The second-order valence-corrected chi connectivity index (χ2v) is 10.5. The summed E-state index contributed by atoms with van der Waals surface area (Å²) in [6.45, 7) is 2.79. The first kappa shape index (κ1) is 27.2. The highest BCUT2D eigenvalue weighted by atomic mass is 35.5. The van der Waals surface area contributed by atoms with E-state index >= 15 is 0 Å². The normalized spacial score (nSPS) is 12.0. The quantitative estimate of drug-likeness (QED) is 0.449. The minimum absolute atomic E-state index is 0.0223. The standard InChI is InChI=1S/C26H27ClFN3O4S/c1-18-7-13-24(14-8-18)36(34,35)31(23-11-9-22(28)10-12-23)17-25(32)30(19(2)26(33)29-3)16-20-5-4-6-21(27)15-20/h4-15,19H,16-17H2,1-3H3,(H,29,33)/t19-/m0/s1. The molecule has 3 aromatic carbocycles. The molecule has 0 radical (unpaired) electrons. The summed E-state index contributed by atoms with van der Waals surface area (Å²) < 4.78 is 41.8. The van der Waals surface area contributed by atoms with Crippen LogP contribution >= 0.6 is 11.6 Å². The highest BCUT2D eigenvalue weighted by molar-refractivity contribution is 7.92. The molecule has 0 unspecified atom stereocenters. The van der Waals surface area contributed by atoms with Crippen LogP contribution in [0.15, 0.2) is 77.7 Å². The van der Waals surface area contributed by atoms with Gasteiger partial charge in [0.2, 0.25) is 11.8 Å². The molecule has 0 saturated heterocycles. The van der Waals surface area contributed by atoms with Crippen molar-refractivity contribution in [2.45, 2.75) is 31.3 Å². The van der Waals surface area contributed by atoms with Gasteiger partial charge in [-0.3, -0.25) is 13.9 Å². The Hall–Kier alpha value is -3.43. The van der Waals surface area contributed by atoms with Gasteiger partial charge in [0.05, 0.1) is 10.6 Å². The van der Waals surface area contributed by atoms with Crippen LogP contribution in [0.3, 0.4) is 0 Å². The number of amides is 2. The maximum Gasteiger partial charge on any atom is 0.264 e. The molecule has 7 nitrogen and oxygen atoms in total. The monoisotopic (exact) mass is 531 g/mol. The van der Waals surface area contributed by atoms with Gasteiger partial charge in [-0.05, 0) is 67.9 Å². The van der Waals surface area contributed by atoms with E-state index in [0.29, 0.717) is 10.6 Å². The topological polar surface area (TPSA) is 86.8 Å². The average molecular weight is 532 g/mol. The van der Waals surface area contributed by atoms with E-state index in [4.69, 9.17) is 11.6 Å². The second-order valence-electron chi connectivity index (χ2n) is 8.24. The molecule has 0 aromatic heterocycles. The van der Waals surface area contributed by atoms with Gasteiger partial charge in [0.15, 0.2) is 0 Å². The minimum Gasteiger partial charge on any atom is -0.357 e. The number of carbonyl (C=O) groups is 2. The van der Waals surface area contributed by atoms with Gasteiger partial charge in [-0.1, -0.05) is 41.4 Å². The Morgan fingerprint density at radius 3 is 2.25 bits per heavy atom. The number of nitrogens with zero attached hydrogens (tertiary/aromatic N) is 2. The van der Waals surface area contributed by atoms with Gasteiger partial charge in [0.1, 0.15) is 18.4 Å². The predicted octanol–water partition coefficient (Wildman–Crippen LogP) is 4.15. The van der Waals surface area contributed by atoms with Gasteiger partial charge in [0, 0.05) is 18.6 Å². The summed E-state index contributed by atoms with van der Waals surface area (Å²) in [4.78, 5) is 27.3. The SMILES string of the molecule is CNC(=O)[C@H](C)N(Cc1cccc(Cl)c1)C(=O)CN(c1ccc(F)cc1)S(=O)(=O)c1ccc(C)cc1. The zero-order chi connectivity index (χ0) is 26.5. The van der Waals surface area contributed by atoms with E-state index in [1.54, 1.807) is 43.3 Å². The van der Waals surface area contributed by atoms with E-state index in [1.807, 2.05) is 6.92 Å². The van der Waals surface area contributed by atoms with Crippen LogP contribution in [-0.2, 0) is 26.2 Å². The third kappa shape index (κ3) is 6.41. The van der Waals surface area contributed by atoms with Crippen molar-refractivity contribution < 1.29 is 22.4 Å². The number of benzene rings is 3. The van der Waals surface area contributed by atoms with Crippen LogP contribution in [0.4, 0.5) is 10.1 Å². The fourth-order valence-electron chi connectivity index (χ4n) is 3.60. The van der Waals surface area contributed by atoms with Gasteiger partial charge >= 0.3 is 0 Å². The minimum atomic E-state index is -4.20. The summed E-state index contributed by atoms with van der Waals surface area (Å²) in [5.41, 5.74) is 1.65. The van der Waals surface area contributed by atoms with E-state index < -0.39 is 40.2 Å². The number of aryl methyl sites for hydroxylation is 1. The molecule has 0 aliphatic carbocycles. The zero-order valence-electron chi connectivity index (χ0n) is 20.1. The summed E-state index contributed by atoms with van der Waals surface area (Å²) in [6, 6.07) is 16.9. The van der Waals surface area contributed by atoms with Crippen molar-refractivity contribution in [3.63, 3.8) is 0 Å². The molecule has 2 amide bonds. The molecule has 0 aliphatic heterocycles. The molecule has 0 bridgehead atoms. The lowest BCUT2D eigenvalue weighted by Crippen LogP contribution is -2.50. The van der Waals surface area contributed by atoms with Gasteiger partial charge in [-0.15, -0.1) is 0 Å². The van der Waals surface area contributed by atoms with Crippen LogP contribution in [0.2, 0.25) is 5.02 Å². The Kier molecular flexibility index (Phi) is 8.70. The number of carbonyl (C=O) groups excluding carboxylic acids is 2. The van der Waals surface area contributed by atoms with Crippen molar-refractivity contribution in [1.82, 2.24) is 10.2 Å². The molecule has 3 aromatic rings. The van der Waals surface area contributed by atoms with Crippen molar-refractivity contribution in [3.05, 3.63) is 94.8 Å². The number of halogens is 2. The lowest BCUT2D eigenvalue weighted by atomic mass is 10.1. The number of hydrogen-bond donors (Lipinski definition) is 1. The van der Waals surface area contributed by atoms with Crippen molar-refractivity contribution in [1.29, 1.82) is 0 Å². The van der Waals surface area contributed by atoms with Crippen molar-refractivity contribution >= 4 is 39.1 Å². The molecular formula is C26H27ClFN3O4S. The molecule has 36 heavy (non-hydrogen) atoms. The summed E-state index contributed by atoms with van der Waals surface area (Å²) >= 11 is 6.09. The second kappa shape index (κ2) is 11.5. The van der Waals surface area contributed by atoms with Crippen LogP contribution in [-0.4, -0.2) is 44.8 Å². The van der Waals surface area contributed by atoms with E-state index in [1.165, 1.54) is 36.2 Å². The molecular weight excluding hydrogens is 505 g/mol. The average Bonchev–Trinajstić information content (AvgIpc) is 2.85. The Bertz CT molecular complexity index is 1330. The molecule has 0 saturated carbocycles. The highest BCUT2D eigenvalue weighted by Crippen LogP contribution is 2.25. The summed E-state index contributed by atoms with van der Waals surface area (Å²) in [7, 11) is -2.75. The summed E-state index contributed by atoms with van der Waals surface area (Å²) in [5, 5.41) is 2.98. The molecule has 10 heteroatoms. The smallest absolute Gasteiger partial charge is 0.264 e. The van der Waals surface area contributed by atoms with Crippen LogP contribution in [0, 0.1) is 12.7 Å². The summed E-state index contributed by atoms with van der Waals surface area (Å²) in [5.74, 6) is -1.58. The molecule has 0 spiro atoms. The summed E-state index contributed by atoms with van der Waals surface area (Å²) in [6.07, 6.45) is 0. The maximum absolute atomic E-state index is 13.6. The van der Waals surface area contributed by atoms with E-state index in [-0.39, 0.29) is 17.1 Å². The Balaban J connectivity index is 2.02. The fourth-order valence-corrected chi connectivity index (χ4v) is 5.22. The van der Waals surface area contributed by atoms with Gasteiger partial charge in [-0.25, -0.2) is 12.8 Å². The predicted molar refractivity (Wildman–Crippen MR) is 138 cm³/mol. The molecule has 0 fully saturated rings. The highest BCUT2D eigenvalue weighted by Gasteiger charge is 2.32. The van der Waals surface area contributed by atoms with Crippen LogP contribution in [0.25, 0.3) is 0 Å². The molecule has 190 valence electrons. The third-order valence-electron chi connectivity index (χ3n) is 5.66. The van der Waals surface area contributed by atoms with Crippen molar-refractivity contribution in [2.24, 2.45) is 0 Å². The number of likely N-dealkylation sites (N-methyl/N-ethyl adjacent to an activating group) is 1. The Labute approximate surface area is 215 Å². The number of anilines is 1. The molecule has 0 aliphatic rings. The first-order valence-corrected chi connectivity index (χ1v) is 12.9. The molecule has 1 N–H and O–H groups in total. The lowest BCUT2D eigenvalue weighted by molar-refractivity contribution is -0.139. The first-order chi connectivity index (χ1) is 17.0. The van der Waals surface area contributed by atoms with E-state index in [0.717, 1.165) is 22.0 Å². The molecule has 1 atom stereocenters. The van der Waals surface area contributed by atoms with E-state index in [9.17, 15) is 22.4 Å². The van der Waals surface area contributed by atoms with Gasteiger partial charge in [-0.2, -0.15) is 0 Å². The van der Waals surface area contributed by atoms with Crippen LogP contribution in [0.5, 0.6) is 0 Å². The number of nitrogens with one attached hydrogen (secondary N) is 1. The van der Waals surface area contributed by atoms with E-state index in [2.05, 4.69) is 5.32 Å². The first-order valence-electron chi connectivity index (χ1n) is 11.1.